The molecule has 0 spiro atoms. The number of hydrogen-bond donors (Lipinski definition) is 0. The first kappa shape index (κ1) is 15.9. The average Bonchev–Trinajstić information content (AvgIpc) is 3.01. The number of nitrogens with zero attached hydrogens (tertiary/aromatic N) is 1. The summed E-state index contributed by atoms with van der Waals surface area (Å²) in [6, 6.07) is 3.14. The van der Waals surface area contributed by atoms with Crippen LogP contribution in [0, 0.1) is 0 Å². The first-order valence-electron chi connectivity index (χ1n) is 7.62. The lowest BCUT2D eigenvalue weighted by Crippen LogP contribution is -2.44. The highest BCUT2D eigenvalue weighted by molar-refractivity contribution is 6.32. The Kier molecular flexibility index (Phi) is 4.61. The van der Waals surface area contributed by atoms with E-state index in [4.69, 9.17) is 25.8 Å². The molecule has 0 N–H and O–H groups in total. The lowest BCUT2D eigenvalue weighted by Gasteiger charge is -2.33. The molecule has 1 atom stereocenters. The van der Waals surface area contributed by atoms with Crippen molar-refractivity contribution in [3.63, 3.8) is 0 Å². The molecule has 1 aromatic carbocycles. The monoisotopic (exact) mass is 339 g/mol. The third-order valence-electron chi connectivity index (χ3n) is 4.11. The lowest BCUT2D eigenvalue weighted by atomic mass is 10.0. The average molecular weight is 340 g/mol. The summed E-state index contributed by atoms with van der Waals surface area (Å²) in [5.74, 6) is 0.0440. The molecule has 0 unspecified atom stereocenters. The second kappa shape index (κ2) is 6.66. The largest absolute Gasteiger partial charge is 0.454 e. The molecule has 0 radical (unpaired) electrons. The molecule has 1 saturated heterocycles. The second-order valence-electron chi connectivity index (χ2n) is 5.70. The molecule has 1 amide bonds. The van der Waals surface area contributed by atoms with E-state index in [1.54, 1.807) is 4.90 Å². The van der Waals surface area contributed by atoms with Crippen LogP contribution in [0.4, 0.5) is 0 Å². The number of amides is 1. The van der Waals surface area contributed by atoms with Crippen LogP contribution in [0.1, 0.15) is 36.5 Å². The molecule has 23 heavy (non-hydrogen) atoms. The van der Waals surface area contributed by atoms with Crippen LogP contribution in [0.25, 0.3) is 0 Å². The maximum absolute atomic E-state index is 12.2. The van der Waals surface area contributed by atoms with Crippen molar-refractivity contribution < 1.29 is 23.8 Å². The van der Waals surface area contributed by atoms with E-state index in [1.807, 2.05) is 6.92 Å². The molecule has 3 rings (SSSR count). The Hall–Kier alpha value is -1.95. The normalized spacial score (nSPS) is 19.6. The van der Waals surface area contributed by atoms with E-state index < -0.39 is 5.97 Å². The van der Waals surface area contributed by atoms with Gasteiger partial charge in [0.05, 0.1) is 10.6 Å². The van der Waals surface area contributed by atoms with Crippen LogP contribution in [-0.4, -0.2) is 42.8 Å². The maximum Gasteiger partial charge on any atom is 0.338 e. The van der Waals surface area contributed by atoms with E-state index in [-0.39, 0.29) is 35.9 Å². The summed E-state index contributed by atoms with van der Waals surface area (Å²) < 4.78 is 15.5. The Labute approximate surface area is 139 Å². The second-order valence-corrected chi connectivity index (χ2v) is 6.11. The molecular formula is C16H18ClNO5. The quantitative estimate of drug-likeness (QED) is 0.792. The number of ether oxygens (including phenoxy) is 3. The van der Waals surface area contributed by atoms with Gasteiger partial charge in [-0.1, -0.05) is 11.6 Å². The first-order valence-corrected chi connectivity index (χ1v) is 8.00. The highest BCUT2D eigenvalue weighted by Crippen LogP contribution is 2.39. The zero-order chi connectivity index (χ0) is 16.4. The van der Waals surface area contributed by atoms with Gasteiger partial charge in [-0.05, 0) is 38.3 Å². The summed E-state index contributed by atoms with van der Waals surface area (Å²) in [6.07, 6.45) is 3.10. The van der Waals surface area contributed by atoms with Gasteiger partial charge < -0.3 is 19.1 Å². The predicted molar refractivity (Wildman–Crippen MR) is 82.9 cm³/mol. The van der Waals surface area contributed by atoms with E-state index in [0.717, 1.165) is 19.3 Å². The molecule has 124 valence electrons. The Morgan fingerprint density at radius 1 is 1.35 bits per heavy atom. The number of esters is 1. The van der Waals surface area contributed by atoms with Crippen molar-refractivity contribution in [1.82, 2.24) is 4.90 Å². The summed E-state index contributed by atoms with van der Waals surface area (Å²) >= 11 is 6.03. The number of carbonyl (C=O) groups is 2. The van der Waals surface area contributed by atoms with Crippen molar-refractivity contribution in [1.29, 1.82) is 0 Å². The summed E-state index contributed by atoms with van der Waals surface area (Å²) in [6.45, 7) is 2.53. The molecule has 0 bridgehead atoms. The van der Waals surface area contributed by atoms with Gasteiger partial charge in [-0.3, -0.25) is 4.79 Å². The van der Waals surface area contributed by atoms with Gasteiger partial charge in [0.2, 0.25) is 6.79 Å². The number of rotatable bonds is 3. The van der Waals surface area contributed by atoms with Gasteiger partial charge in [0, 0.05) is 12.6 Å². The van der Waals surface area contributed by atoms with Crippen molar-refractivity contribution in [2.45, 2.75) is 32.2 Å². The maximum atomic E-state index is 12.2. The van der Waals surface area contributed by atoms with Crippen molar-refractivity contribution in [3.8, 4) is 11.5 Å². The predicted octanol–water partition coefficient (Wildman–Crippen LogP) is 2.63. The van der Waals surface area contributed by atoms with Crippen LogP contribution in [0.5, 0.6) is 11.5 Å². The van der Waals surface area contributed by atoms with Crippen LogP contribution < -0.4 is 9.47 Å². The number of hydrogen-bond acceptors (Lipinski definition) is 5. The van der Waals surface area contributed by atoms with Crippen molar-refractivity contribution in [2.24, 2.45) is 0 Å². The third kappa shape index (κ3) is 3.37. The Balaban J connectivity index is 1.61. The first-order chi connectivity index (χ1) is 11.1. The molecular weight excluding hydrogens is 322 g/mol. The van der Waals surface area contributed by atoms with E-state index in [9.17, 15) is 9.59 Å². The fourth-order valence-electron chi connectivity index (χ4n) is 2.85. The fraction of sp³-hybridized carbons (Fsp3) is 0.500. The molecule has 0 aromatic heterocycles. The van der Waals surface area contributed by atoms with Gasteiger partial charge in [-0.2, -0.15) is 0 Å². The van der Waals surface area contributed by atoms with Gasteiger partial charge in [-0.15, -0.1) is 0 Å². The molecule has 1 fully saturated rings. The molecule has 2 aliphatic rings. The van der Waals surface area contributed by atoms with Gasteiger partial charge in [0.25, 0.3) is 5.91 Å². The SMILES string of the molecule is C[C@@H]1CCCCN1C(=O)COC(=O)c1cc(Cl)c2c(c1)OCO2. The Morgan fingerprint density at radius 2 is 2.17 bits per heavy atom. The fourth-order valence-corrected chi connectivity index (χ4v) is 3.11. The van der Waals surface area contributed by atoms with Gasteiger partial charge >= 0.3 is 5.97 Å². The topological polar surface area (TPSA) is 65.1 Å². The highest BCUT2D eigenvalue weighted by Gasteiger charge is 2.25. The van der Waals surface area contributed by atoms with Crippen LogP contribution in [0.3, 0.4) is 0 Å². The number of fused-ring (bicyclic) bond motifs is 1. The summed E-state index contributed by atoms with van der Waals surface area (Å²) in [7, 11) is 0. The molecule has 2 heterocycles. The van der Waals surface area contributed by atoms with E-state index >= 15 is 0 Å². The van der Waals surface area contributed by atoms with Crippen molar-refractivity contribution in [3.05, 3.63) is 22.7 Å². The van der Waals surface area contributed by atoms with Gasteiger partial charge in [0.1, 0.15) is 0 Å². The smallest absolute Gasteiger partial charge is 0.338 e. The Morgan fingerprint density at radius 3 is 2.96 bits per heavy atom. The third-order valence-corrected chi connectivity index (χ3v) is 4.39. The Bertz CT molecular complexity index is 633. The molecule has 0 saturated carbocycles. The molecule has 2 aliphatic heterocycles. The van der Waals surface area contributed by atoms with E-state index in [1.165, 1.54) is 12.1 Å². The number of benzene rings is 1. The number of carbonyl (C=O) groups excluding carboxylic acids is 2. The van der Waals surface area contributed by atoms with Gasteiger partial charge in [0.15, 0.2) is 18.1 Å². The van der Waals surface area contributed by atoms with Crippen LogP contribution in [-0.2, 0) is 9.53 Å². The molecule has 7 heteroatoms. The lowest BCUT2D eigenvalue weighted by molar-refractivity contribution is -0.137. The van der Waals surface area contributed by atoms with E-state index in [2.05, 4.69) is 0 Å². The van der Waals surface area contributed by atoms with Crippen molar-refractivity contribution in [2.75, 3.05) is 19.9 Å². The van der Waals surface area contributed by atoms with E-state index in [0.29, 0.717) is 18.0 Å². The molecule has 0 aliphatic carbocycles. The van der Waals surface area contributed by atoms with Gasteiger partial charge in [-0.25, -0.2) is 4.79 Å². The highest BCUT2D eigenvalue weighted by atomic mass is 35.5. The standard InChI is InChI=1S/C16H18ClNO5/c1-10-4-2-3-5-18(10)14(19)8-21-16(20)11-6-12(17)15-13(7-11)22-9-23-15/h6-7,10H,2-5,8-9H2,1H3/t10-/m1/s1. The van der Waals surface area contributed by atoms with Crippen LogP contribution >= 0.6 is 11.6 Å². The molecule has 6 nitrogen and oxygen atoms in total. The minimum Gasteiger partial charge on any atom is -0.454 e. The van der Waals surface area contributed by atoms with Crippen LogP contribution in [0.2, 0.25) is 5.02 Å². The number of likely N-dealkylation sites (tertiary alicyclic amines) is 1. The summed E-state index contributed by atoms with van der Waals surface area (Å²) in [5, 5.41) is 0.280. The summed E-state index contributed by atoms with van der Waals surface area (Å²) in [4.78, 5) is 26.1. The number of piperidine rings is 1. The minimum atomic E-state index is -0.608. The molecule has 1 aromatic rings. The zero-order valence-corrected chi connectivity index (χ0v) is 13.6. The number of halogens is 1. The van der Waals surface area contributed by atoms with Crippen LogP contribution in [0.15, 0.2) is 12.1 Å². The minimum absolute atomic E-state index is 0.0683. The zero-order valence-electron chi connectivity index (χ0n) is 12.8. The van der Waals surface area contributed by atoms with Crippen molar-refractivity contribution >= 4 is 23.5 Å². The summed E-state index contributed by atoms with van der Waals surface area (Å²) in [5.41, 5.74) is 0.235.